The Morgan fingerprint density at radius 2 is 1.87 bits per heavy atom. The number of nitrogens with one attached hydrogen (secondary N) is 2. The standard InChI is InChI=1S/C28H30N4O5S2/c1-18(2)14-22(31-28(35)25-15-19-8-3-5-11-24(19)38-25)27(34)30-21-10-7-13-32(17-23(21)33)39(36,37)26-12-6-4-9-20(26)16-29/h3-6,8-9,11-12,15,18,21-22H,7,10,13-14,17H2,1-2H3,(H,30,34)(H,31,35). The summed E-state index contributed by atoms with van der Waals surface area (Å²) < 4.78 is 28.5. The molecule has 0 spiro atoms. The number of carbonyl (C=O) groups is 3. The van der Waals surface area contributed by atoms with Gasteiger partial charge in [-0.2, -0.15) is 9.57 Å². The number of rotatable bonds is 8. The minimum absolute atomic E-state index is 0.00459. The highest BCUT2D eigenvalue weighted by Gasteiger charge is 2.35. The molecule has 0 radical (unpaired) electrons. The second-order valence-corrected chi connectivity index (χ2v) is 12.9. The van der Waals surface area contributed by atoms with E-state index >= 15 is 0 Å². The third kappa shape index (κ3) is 6.53. The lowest BCUT2D eigenvalue weighted by Gasteiger charge is -2.23. The first-order chi connectivity index (χ1) is 18.6. The summed E-state index contributed by atoms with van der Waals surface area (Å²) in [5.74, 6) is -1.20. The Bertz CT molecular complexity index is 1510. The highest BCUT2D eigenvalue weighted by atomic mass is 32.2. The molecule has 2 aromatic carbocycles. The molecular formula is C28H30N4O5S2. The number of Topliss-reactive ketones (excluding diaryl/α,β-unsaturated/α-hetero) is 1. The third-order valence-electron chi connectivity index (χ3n) is 6.54. The summed E-state index contributed by atoms with van der Waals surface area (Å²) in [6.07, 6.45) is 0.970. The van der Waals surface area contributed by atoms with E-state index in [1.165, 1.54) is 29.5 Å². The van der Waals surface area contributed by atoms with Crippen molar-refractivity contribution >= 4 is 49.0 Å². The predicted octanol–water partition coefficient (Wildman–Crippen LogP) is 3.46. The molecule has 4 rings (SSSR count). The quantitative estimate of drug-likeness (QED) is 0.429. The van der Waals surface area contributed by atoms with Crippen LogP contribution in [0.25, 0.3) is 10.1 Å². The Kier molecular flexibility index (Phi) is 8.80. The van der Waals surface area contributed by atoms with Crippen LogP contribution in [0.4, 0.5) is 0 Å². The molecule has 0 aliphatic carbocycles. The van der Waals surface area contributed by atoms with Gasteiger partial charge >= 0.3 is 0 Å². The molecule has 9 nitrogen and oxygen atoms in total. The van der Waals surface area contributed by atoms with Crippen molar-refractivity contribution in [3.63, 3.8) is 0 Å². The van der Waals surface area contributed by atoms with Gasteiger partial charge in [0.2, 0.25) is 15.9 Å². The fourth-order valence-electron chi connectivity index (χ4n) is 4.58. The lowest BCUT2D eigenvalue weighted by Crippen LogP contribution is -2.52. The summed E-state index contributed by atoms with van der Waals surface area (Å²) in [7, 11) is -4.08. The number of sulfonamides is 1. The van der Waals surface area contributed by atoms with E-state index in [1.54, 1.807) is 12.1 Å². The van der Waals surface area contributed by atoms with E-state index in [0.717, 1.165) is 14.4 Å². The van der Waals surface area contributed by atoms with E-state index < -0.39 is 40.3 Å². The molecule has 2 N–H and O–H groups in total. The molecule has 204 valence electrons. The number of hydrogen-bond acceptors (Lipinski definition) is 7. The van der Waals surface area contributed by atoms with Crippen LogP contribution in [0.15, 0.2) is 59.5 Å². The zero-order valence-electron chi connectivity index (χ0n) is 21.7. The second kappa shape index (κ2) is 12.1. The van der Waals surface area contributed by atoms with Crippen molar-refractivity contribution in [2.45, 2.75) is 50.1 Å². The Morgan fingerprint density at radius 1 is 1.15 bits per heavy atom. The molecular weight excluding hydrogens is 536 g/mol. The minimum Gasteiger partial charge on any atom is -0.344 e. The molecule has 1 aromatic heterocycles. The van der Waals surface area contributed by atoms with Gasteiger partial charge in [-0.1, -0.05) is 44.2 Å². The van der Waals surface area contributed by atoms with Gasteiger partial charge in [-0.25, -0.2) is 8.42 Å². The second-order valence-electron chi connectivity index (χ2n) is 9.92. The fraction of sp³-hybridized carbons (Fsp3) is 0.357. The van der Waals surface area contributed by atoms with Gasteiger partial charge in [0.25, 0.3) is 5.91 Å². The van der Waals surface area contributed by atoms with E-state index in [9.17, 15) is 28.1 Å². The zero-order valence-corrected chi connectivity index (χ0v) is 23.3. The van der Waals surface area contributed by atoms with Crippen LogP contribution >= 0.6 is 11.3 Å². The molecule has 39 heavy (non-hydrogen) atoms. The van der Waals surface area contributed by atoms with Crippen LogP contribution in [0.1, 0.15) is 48.3 Å². The normalized spacial score (nSPS) is 17.4. The largest absolute Gasteiger partial charge is 0.344 e. The maximum absolute atomic E-state index is 13.3. The van der Waals surface area contributed by atoms with Gasteiger partial charge in [-0.15, -0.1) is 11.3 Å². The number of amides is 2. The average molecular weight is 567 g/mol. The Balaban J connectivity index is 1.46. The molecule has 0 saturated carbocycles. The van der Waals surface area contributed by atoms with Crippen LogP contribution < -0.4 is 10.6 Å². The van der Waals surface area contributed by atoms with Crippen LogP contribution in [0.3, 0.4) is 0 Å². The van der Waals surface area contributed by atoms with Crippen LogP contribution in [-0.2, 0) is 19.6 Å². The third-order valence-corrected chi connectivity index (χ3v) is 9.56. The number of ketones is 1. The fourth-order valence-corrected chi connectivity index (χ4v) is 7.13. The topological polar surface area (TPSA) is 136 Å². The average Bonchev–Trinajstić information content (AvgIpc) is 3.26. The van der Waals surface area contributed by atoms with Crippen molar-refractivity contribution in [2.24, 2.45) is 5.92 Å². The molecule has 1 saturated heterocycles. The number of nitriles is 1. The van der Waals surface area contributed by atoms with Gasteiger partial charge in [-0.05, 0) is 54.8 Å². The molecule has 0 bridgehead atoms. The molecule has 2 atom stereocenters. The van der Waals surface area contributed by atoms with Crippen LogP contribution in [0.5, 0.6) is 0 Å². The van der Waals surface area contributed by atoms with Crippen molar-refractivity contribution in [3.05, 3.63) is 65.0 Å². The first-order valence-electron chi connectivity index (χ1n) is 12.7. The monoisotopic (exact) mass is 566 g/mol. The SMILES string of the molecule is CC(C)CC(NC(=O)c1cc2ccccc2s1)C(=O)NC1CCCN(S(=O)(=O)c2ccccc2C#N)CC1=O. The van der Waals surface area contributed by atoms with Gasteiger partial charge in [0, 0.05) is 11.2 Å². The minimum atomic E-state index is -4.08. The Labute approximate surface area is 231 Å². The smallest absolute Gasteiger partial charge is 0.262 e. The lowest BCUT2D eigenvalue weighted by atomic mass is 10.0. The highest BCUT2D eigenvalue weighted by molar-refractivity contribution is 7.89. The lowest BCUT2D eigenvalue weighted by molar-refractivity contribution is -0.129. The molecule has 1 fully saturated rings. The van der Waals surface area contributed by atoms with Gasteiger partial charge < -0.3 is 10.6 Å². The predicted molar refractivity (Wildman–Crippen MR) is 149 cm³/mol. The maximum atomic E-state index is 13.3. The van der Waals surface area contributed by atoms with E-state index in [4.69, 9.17) is 0 Å². The van der Waals surface area contributed by atoms with Gasteiger partial charge in [0.15, 0.2) is 5.78 Å². The summed E-state index contributed by atoms with van der Waals surface area (Å²) in [5, 5.41) is 15.9. The highest BCUT2D eigenvalue weighted by Crippen LogP contribution is 2.26. The van der Waals surface area contributed by atoms with Gasteiger partial charge in [-0.3, -0.25) is 14.4 Å². The summed E-state index contributed by atoms with van der Waals surface area (Å²) in [6, 6.07) is 15.4. The molecule has 2 unspecified atom stereocenters. The number of fused-ring (bicyclic) bond motifs is 1. The van der Waals surface area contributed by atoms with E-state index in [1.807, 2.05) is 44.2 Å². The van der Waals surface area contributed by atoms with Crippen molar-refractivity contribution in [2.75, 3.05) is 13.1 Å². The van der Waals surface area contributed by atoms with Crippen molar-refractivity contribution in [1.82, 2.24) is 14.9 Å². The first kappa shape index (κ1) is 28.4. The molecule has 2 amide bonds. The van der Waals surface area contributed by atoms with Crippen molar-refractivity contribution in [1.29, 1.82) is 5.26 Å². The summed E-state index contributed by atoms with van der Waals surface area (Å²) in [6.45, 7) is 3.53. The first-order valence-corrected chi connectivity index (χ1v) is 15.0. The van der Waals surface area contributed by atoms with E-state index in [0.29, 0.717) is 17.7 Å². The Morgan fingerprint density at radius 3 is 2.59 bits per heavy atom. The molecule has 1 aliphatic rings. The number of benzene rings is 2. The number of nitrogens with zero attached hydrogens (tertiary/aromatic N) is 2. The van der Waals surface area contributed by atoms with Crippen molar-refractivity contribution < 1.29 is 22.8 Å². The summed E-state index contributed by atoms with van der Waals surface area (Å²) >= 11 is 1.34. The van der Waals surface area contributed by atoms with Gasteiger partial charge in [0.05, 0.1) is 27.9 Å². The zero-order chi connectivity index (χ0) is 28.2. The molecule has 1 aliphatic heterocycles. The van der Waals surface area contributed by atoms with Crippen LogP contribution in [0, 0.1) is 17.2 Å². The van der Waals surface area contributed by atoms with Crippen LogP contribution in [0.2, 0.25) is 0 Å². The van der Waals surface area contributed by atoms with Crippen molar-refractivity contribution in [3.8, 4) is 6.07 Å². The molecule has 3 aromatic rings. The van der Waals surface area contributed by atoms with E-state index in [-0.39, 0.29) is 35.2 Å². The van der Waals surface area contributed by atoms with E-state index in [2.05, 4.69) is 10.6 Å². The molecule has 2 heterocycles. The van der Waals surface area contributed by atoms with Gasteiger partial charge in [0.1, 0.15) is 12.1 Å². The number of carbonyl (C=O) groups excluding carboxylic acids is 3. The Hall–Kier alpha value is -3.59. The molecule has 11 heteroatoms. The maximum Gasteiger partial charge on any atom is 0.262 e. The summed E-state index contributed by atoms with van der Waals surface area (Å²) in [4.78, 5) is 39.8. The summed E-state index contributed by atoms with van der Waals surface area (Å²) in [5.41, 5.74) is 0.00459. The van der Waals surface area contributed by atoms with Crippen LogP contribution in [-0.4, -0.2) is 55.5 Å². The number of hydrogen-bond donors (Lipinski definition) is 2. The number of thiophene rings is 1.